The number of carboxylic acid groups (broad SMARTS) is 2. The molecule has 0 radical (unpaired) electrons. The van der Waals surface area contributed by atoms with Crippen LogP contribution in [0, 0.1) is 7.14 Å². The molecule has 0 aromatic heterocycles. The minimum Gasteiger partial charge on any atom is -0.542 e. The maximum Gasteiger partial charge on any atom is 0.430 e. The molecule has 0 heterocycles. The lowest BCUT2D eigenvalue weighted by Crippen LogP contribution is -3.05. The summed E-state index contributed by atoms with van der Waals surface area (Å²) in [6.45, 7) is 3.12. The molecular weight excluding hydrogens is 704 g/mol. The van der Waals surface area contributed by atoms with E-state index in [1.807, 2.05) is 0 Å². The number of nitrogens with one attached hydrogen (secondary N) is 2. The first kappa shape index (κ1) is 35.1. The molecule has 15 heteroatoms. The molecule has 34 heavy (non-hydrogen) atoms. The van der Waals surface area contributed by atoms with Gasteiger partial charge in [-0.15, -0.1) is 0 Å². The Balaban J connectivity index is 0. The number of hydrogen-bond donors (Lipinski definition) is 2. The minimum atomic E-state index is -5.19. The number of ether oxygens (including phenoxy) is 1. The molecule has 0 spiro atoms. The third-order valence-electron chi connectivity index (χ3n) is 3.50. The molecule has 2 N–H and O–H groups in total. The fourth-order valence-electron chi connectivity index (χ4n) is 1.89. The highest BCUT2D eigenvalue weighted by atomic mass is 127. The molecule has 198 valence electrons. The van der Waals surface area contributed by atoms with Crippen molar-refractivity contribution in [1.82, 2.24) is 0 Å². The molecule has 0 atom stereocenters. The first-order chi connectivity index (χ1) is 15.3. The van der Waals surface area contributed by atoms with E-state index in [-0.39, 0.29) is 0 Å². The second-order valence-electron chi connectivity index (χ2n) is 7.33. The van der Waals surface area contributed by atoms with E-state index in [4.69, 9.17) is 24.5 Å². The van der Waals surface area contributed by atoms with Crippen molar-refractivity contribution < 1.29 is 60.7 Å². The average molecular weight is 730 g/mol. The maximum atomic E-state index is 10.5. The van der Waals surface area contributed by atoms with Gasteiger partial charge in [-0.2, -0.15) is 26.3 Å². The monoisotopic (exact) mass is 730 g/mol. The van der Waals surface area contributed by atoms with Crippen molar-refractivity contribution >= 4 is 57.1 Å². The summed E-state index contributed by atoms with van der Waals surface area (Å²) >= 11 is 4.78. The van der Waals surface area contributed by atoms with Gasteiger partial charge < -0.3 is 34.3 Å². The van der Waals surface area contributed by atoms with Gasteiger partial charge in [-0.3, -0.25) is 0 Å². The van der Waals surface area contributed by atoms with E-state index >= 15 is 0 Å². The first-order valence-electron chi connectivity index (χ1n) is 9.54. The SMILES string of the molecule is C[NH+](C)CCCOc1c(I)cc(CC[NH+](C)C)cc1I.O=C([O-])C(F)(F)F.O=C([O-])C(F)(F)F. The lowest BCUT2D eigenvalue weighted by atomic mass is 10.1. The van der Waals surface area contributed by atoms with Gasteiger partial charge in [0.1, 0.15) is 17.7 Å². The highest BCUT2D eigenvalue weighted by molar-refractivity contribution is 14.1. The quantitative estimate of drug-likeness (QED) is 0.206. The smallest absolute Gasteiger partial charge is 0.430 e. The Morgan fingerprint density at radius 2 is 1.21 bits per heavy atom. The predicted molar refractivity (Wildman–Crippen MR) is 123 cm³/mol. The van der Waals surface area contributed by atoms with Crippen molar-refractivity contribution in [2.75, 3.05) is 47.9 Å². The highest BCUT2D eigenvalue weighted by Crippen LogP contribution is 2.29. The Morgan fingerprint density at radius 3 is 1.50 bits per heavy atom. The van der Waals surface area contributed by atoms with E-state index in [9.17, 15) is 26.3 Å². The van der Waals surface area contributed by atoms with Crippen LogP contribution in [0.2, 0.25) is 0 Å². The van der Waals surface area contributed by atoms with Crippen molar-refractivity contribution in [3.8, 4) is 5.75 Å². The summed E-state index contributed by atoms with van der Waals surface area (Å²) in [6, 6.07) is 4.52. The van der Waals surface area contributed by atoms with Crippen molar-refractivity contribution in [2.24, 2.45) is 0 Å². The molecule has 0 aliphatic heterocycles. The molecule has 0 aliphatic rings. The Labute approximate surface area is 220 Å². The van der Waals surface area contributed by atoms with Crippen LogP contribution in [0.5, 0.6) is 5.75 Å². The number of halogens is 8. The molecule has 0 fully saturated rings. The van der Waals surface area contributed by atoms with Gasteiger partial charge in [-0.1, -0.05) is 0 Å². The Hall–Kier alpha value is -1.08. The van der Waals surface area contributed by atoms with Crippen LogP contribution in [0.4, 0.5) is 26.3 Å². The number of hydrogen-bond acceptors (Lipinski definition) is 5. The summed E-state index contributed by atoms with van der Waals surface area (Å²) in [5, 5.41) is 17.6. The predicted octanol–water partition coefficient (Wildman–Crippen LogP) is -0.907. The number of carbonyl (C=O) groups is 2. The van der Waals surface area contributed by atoms with Gasteiger partial charge in [0.15, 0.2) is 0 Å². The van der Waals surface area contributed by atoms with Crippen LogP contribution in [0.15, 0.2) is 12.1 Å². The number of benzene rings is 1. The molecular formula is C19H26F6I2N2O5. The van der Waals surface area contributed by atoms with Crippen LogP contribution < -0.4 is 24.7 Å². The van der Waals surface area contributed by atoms with Gasteiger partial charge in [0.2, 0.25) is 0 Å². The number of carboxylic acids is 2. The van der Waals surface area contributed by atoms with Gasteiger partial charge in [0, 0.05) is 12.8 Å². The normalized spacial score (nSPS) is 11.4. The van der Waals surface area contributed by atoms with Gasteiger partial charge in [-0.25, -0.2) is 0 Å². The maximum absolute atomic E-state index is 10.5. The third-order valence-corrected chi connectivity index (χ3v) is 5.10. The summed E-state index contributed by atoms with van der Waals surface area (Å²) in [5.41, 5.74) is 1.41. The Kier molecular flexibility index (Phi) is 17.1. The van der Waals surface area contributed by atoms with Gasteiger partial charge in [0.05, 0.1) is 55.0 Å². The molecule has 0 saturated carbocycles. The molecule has 7 nitrogen and oxygen atoms in total. The zero-order valence-corrected chi connectivity index (χ0v) is 23.1. The molecule has 1 aromatic rings. The van der Waals surface area contributed by atoms with Crippen LogP contribution in [-0.2, 0) is 16.0 Å². The largest absolute Gasteiger partial charge is 0.542 e. The Bertz CT molecular complexity index is 728. The lowest BCUT2D eigenvalue weighted by molar-refractivity contribution is -0.858. The van der Waals surface area contributed by atoms with Crippen molar-refractivity contribution in [3.63, 3.8) is 0 Å². The number of aliphatic carboxylic acids is 2. The van der Waals surface area contributed by atoms with E-state index in [0.29, 0.717) is 0 Å². The number of likely N-dealkylation sites (N-methyl/N-ethyl adjacent to an activating group) is 1. The molecule has 1 aromatic carbocycles. The standard InChI is InChI=1S/C15H24I2N2O.2C2HF3O2/c1-18(2)7-5-9-20-15-13(16)10-12(11-14(15)17)6-8-19(3)4;2*3-2(4,5)1(6)7/h10-11H,5-9H2,1-4H3;2*(H,6,7). The van der Waals surface area contributed by atoms with E-state index in [1.54, 1.807) is 0 Å². The topological polar surface area (TPSA) is 98.4 Å². The highest BCUT2D eigenvalue weighted by Gasteiger charge is 2.29. The summed E-state index contributed by atoms with van der Waals surface area (Å²) in [7, 11) is 8.74. The van der Waals surface area contributed by atoms with Gasteiger partial charge in [0.25, 0.3) is 0 Å². The van der Waals surface area contributed by atoms with Gasteiger partial charge in [-0.05, 0) is 62.9 Å². The number of quaternary nitrogens is 2. The lowest BCUT2D eigenvalue weighted by Gasteiger charge is -2.14. The molecule has 1 rings (SSSR count). The Morgan fingerprint density at radius 1 is 0.853 bits per heavy atom. The van der Waals surface area contributed by atoms with Crippen LogP contribution in [0.3, 0.4) is 0 Å². The molecule has 0 amide bonds. The molecule has 0 saturated heterocycles. The molecule has 0 aliphatic carbocycles. The van der Waals surface area contributed by atoms with E-state index in [1.165, 1.54) is 22.5 Å². The summed E-state index contributed by atoms with van der Waals surface area (Å²) in [5.74, 6) is -4.96. The summed E-state index contributed by atoms with van der Waals surface area (Å²) in [6.07, 6.45) is -8.17. The molecule has 0 bridgehead atoms. The average Bonchev–Trinajstić information content (AvgIpc) is 2.64. The molecule has 0 unspecified atom stereocenters. The summed E-state index contributed by atoms with van der Waals surface area (Å²) < 4.78 is 71.5. The fourth-order valence-corrected chi connectivity index (χ4v) is 4.10. The number of carbonyl (C=O) groups excluding carboxylic acids is 2. The second kappa shape index (κ2) is 16.6. The van der Waals surface area contributed by atoms with Crippen LogP contribution in [0.25, 0.3) is 0 Å². The zero-order chi connectivity index (χ0) is 27.3. The number of rotatable bonds is 8. The van der Waals surface area contributed by atoms with Crippen LogP contribution in [-0.4, -0.2) is 72.2 Å². The van der Waals surface area contributed by atoms with Gasteiger partial charge >= 0.3 is 12.4 Å². The fraction of sp³-hybridized carbons (Fsp3) is 0.579. The third kappa shape index (κ3) is 18.3. The summed E-state index contributed by atoms with van der Waals surface area (Å²) in [4.78, 5) is 20.5. The minimum absolute atomic E-state index is 0.804. The van der Waals surface area contributed by atoms with E-state index < -0.39 is 24.3 Å². The van der Waals surface area contributed by atoms with Crippen molar-refractivity contribution in [2.45, 2.75) is 25.2 Å². The second-order valence-corrected chi connectivity index (χ2v) is 9.65. The van der Waals surface area contributed by atoms with Crippen LogP contribution >= 0.6 is 45.2 Å². The van der Waals surface area contributed by atoms with Crippen molar-refractivity contribution in [3.05, 3.63) is 24.8 Å². The number of alkyl halides is 6. The van der Waals surface area contributed by atoms with E-state index in [2.05, 4.69) is 85.5 Å². The van der Waals surface area contributed by atoms with E-state index in [0.717, 1.165) is 38.3 Å². The zero-order valence-electron chi connectivity index (χ0n) is 18.8. The van der Waals surface area contributed by atoms with Crippen molar-refractivity contribution in [1.29, 1.82) is 0 Å². The van der Waals surface area contributed by atoms with Crippen LogP contribution in [0.1, 0.15) is 12.0 Å². The first-order valence-corrected chi connectivity index (χ1v) is 11.7.